The standard InChI is InChI=1S/C16H24N2O3/c1-6-12(4)14(15(19)21-5)18-16(20)17-13-8-10(2)7-11(3)9-13/h7-9,12,14H,6H2,1-5H3,(H2,17,18,20). The van der Waals surface area contributed by atoms with Gasteiger partial charge in [-0.15, -0.1) is 0 Å². The van der Waals surface area contributed by atoms with Gasteiger partial charge in [0.2, 0.25) is 0 Å². The Hall–Kier alpha value is -2.04. The fourth-order valence-corrected chi connectivity index (χ4v) is 2.15. The lowest BCUT2D eigenvalue weighted by Crippen LogP contribution is -2.47. The maximum Gasteiger partial charge on any atom is 0.328 e. The molecule has 0 aliphatic heterocycles. The Labute approximate surface area is 126 Å². The zero-order valence-electron chi connectivity index (χ0n) is 13.3. The number of aryl methyl sites for hydroxylation is 2. The van der Waals surface area contributed by atoms with Crippen LogP contribution in [-0.4, -0.2) is 25.2 Å². The van der Waals surface area contributed by atoms with Gasteiger partial charge in [0.05, 0.1) is 7.11 Å². The highest BCUT2D eigenvalue weighted by molar-refractivity contribution is 5.92. The summed E-state index contributed by atoms with van der Waals surface area (Å²) >= 11 is 0. The lowest BCUT2D eigenvalue weighted by atomic mass is 9.99. The minimum absolute atomic E-state index is 0.00226. The summed E-state index contributed by atoms with van der Waals surface area (Å²) in [7, 11) is 1.32. The Balaban J connectivity index is 2.75. The Morgan fingerprint density at radius 2 is 1.76 bits per heavy atom. The molecular formula is C16H24N2O3. The number of anilines is 1. The van der Waals surface area contributed by atoms with E-state index < -0.39 is 18.0 Å². The van der Waals surface area contributed by atoms with Crippen molar-refractivity contribution in [1.82, 2.24) is 5.32 Å². The molecule has 0 aliphatic carbocycles. The Bertz CT molecular complexity index is 494. The number of hydrogen-bond donors (Lipinski definition) is 2. The summed E-state index contributed by atoms with van der Waals surface area (Å²) in [6.07, 6.45) is 0.767. The zero-order valence-corrected chi connectivity index (χ0v) is 13.3. The predicted octanol–water partition coefficient (Wildman–Crippen LogP) is 3.01. The molecule has 5 nitrogen and oxygen atoms in total. The molecule has 0 spiro atoms. The van der Waals surface area contributed by atoms with Crippen LogP contribution in [0.1, 0.15) is 31.4 Å². The molecule has 0 saturated carbocycles. The maximum atomic E-state index is 12.1. The van der Waals surface area contributed by atoms with Gasteiger partial charge in [-0.05, 0) is 43.0 Å². The fourth-order valence-electron chi connectivity index (χ4n) is 2.15. The van der Waals surface area contributed by atoms with Gasteiger partial charge < -0.3 is 15.4 Å². The molecule has 2 amide bonds. The second kappa shape index (κ2) is 7.67. The molecule has 0 saturated heterocycles. The number of esters is 1. The maximum absolute atomic E-state index is 12.1. The quantitative estimate of drug-likeness (QED) is 0.820. The third kappa shape index (κ3) is 5.10. The van der Waals surface area contributed by atoms with Crippen LogP contribution in [0.5, 0.6) is 0 Å². The van der Waals surface area contributed by atoms with Crippen molar-refractivity contribution in [3.05, 3.63) is 29.3 Å². The van der Waals surface area contributed by atoms with E-state index >= 15 is 0 Å². The van der Waals surface area contributed by atoms with Crippen molar-refractivity contribution < 1.29 is 14.3 Å². The van der Waals surface area contributed by atoms with Gasteiger partial charge in [0.25, 0.3) is 0 Å². The van der Waals surface area contributed by atoms with Crippen LogP contribution in [0, 0.1) is 19.8 Å². The van der Waals surface area contributed by atoms with Gasteiger partial charge in [0, 0.05) is 5.69 Å². The Morgan fingerprint density at radius 3 is 2.24 bits per heavy atom. The molecule has 0 fully saturated rings. The van der Waals surface area contributed by atoms with Gasteiger partial charge >= 0.3 is 12.0 Å². The van der Waals surface area contributed by atoms with Gasteiger partial charge in [0.1, 0.15) is 6.04 Å². The zero-order chi connectivity index (χ0) is 16.0. The summed E-state index contributed by atoms with van der Waals surface area (Å²) in [6, 6.07) is 4.73. The third-order valence-corrected chi connectivity index (χ3v) is 3.43. The Kier molecular flexibility index (Phi) is 6.21. The lowest BCUT2D eigenvalue weighted by Gasteiger charge is -2.22. The summed E-state index contributed by atoms with van der Waals surface area (Å²) in [5.41, 5.74) is 2.84. The SMILES string of the molecule is CCC(C)C(NC(=O)Nc1cc(C)cc(C)c1)C(=O)OC. The van der Waals surface area contributed by atoms with Crippen LogP contribution in [0.4, 0.5) is 10.5 Å². The summed E-state index contributed by atoms with van der Waals surface area (Å²) in [6.45, 7) is 7.79. The number of ether oxygens (including phenoxy) is 1. The number of methoxy groups -OCH3 is 1. The van der Waals surface area contributed by atoms with E-state index in [2.05, 4.69) is 10.6 Å². The van der Waals surface area contributed by atoms with Crippen molar-refractivity contribution in [2.45, 2.75) is 40.2 Å². The van der Waals surface area contributed by atoms with Gasteiger partial charge in [-0.25, -0.2) is 9.59 Å². The largest absolute Gasteiger partial charge is 0.467 e. The normalized spacial score (nSPS) is 13.2. The molecule has 0 bridgehead atoms. The van der Waals surface area contributed by atoms with E-state index in [1.54, 1.807) is 0 Å². The van der Waals surface area contributed by atoms with E-state index in [0.717, 1.165) is 17.5 Å². The molecule has 0 aliphatic rings. The Morgan fingerprint density at radius 1 is 1.19 bits per heavy atom. The van der Waals surface area contributed by atoms with Gasteiger partial charge in [-0.2, -0.15) is 0 Å². The molecule has 0 radical (unpaired) electrons. The van der Waals surface area contributed by atoms with Crippen molar-refractivity contribution in [3.8, 4) is 0 Å². The molecular weight excluding hydrogens is 268 g/mol. The van der Waals surface area contributed by atoms with Gasteiger partial charge in [-0.3, -0.25) is 0 Å². The van der Waals surface area contributed by atoms with Crippen LogP contribution in [0.25, 0.3) is 0 Å². The van der Waals surface area contributed by atoms with E-state index in [9.17, 15) is 9.59 Å². The number of rotatable bonds is 5. The van der Waals surface area contributed by atoms with E-state index in [1.165, 1.54) is 7.11 Å². The second-order valence-corrected chi connectivity index (χ2v) is 5.36. The van der Waals surface area contributed by atoms with Crippen molar-refractivity contribution >= 4 is 17.7 Å². The number of carbonyl (C=O) groups excluding carboxylic acids is 2. The summed E-state index contributed by atoms with van der Waals surface area (Å²) in [5.74, 6) is -0.428. The summed E-state index contributed by atoms with van der Waals surface area (Å²) in [4.78, 5) is 23.8. The molecule has 2 atom stereocenters. The van der Waals surface area contributed by atoms with Crippen LogP contribution in [0.2, 0.25) is 0 Å². The van der Waals surface area contributed by atoms with E-state index in [0.29, 0.717) is 5.69 Å². The first-order valence-electron chi connectivity index (χ1n) is 7.11. The fraction of sp³-hybridized carbons (Fsp3) is 0.500. The first-order chi connectivity index (χ1) is 9.87. The van der Waals surface area contributed by atoms with Crippen molar-refractivity contribution in [1.29, 1.82) is 0 Å². The molecule has 0 aromatic heterocycles. The number of nitrogens with one attached hydrogen (secondary N) is 2. The minimum Gasteiger partial charge on any atom is -0.467 e. The third-order valence-electron chi connectivity index (χ3n) is 3.43. The van der Waals surface area contributed by atoms with Crippen molar-refractivity contribution in [2.75, 3.05) is 12.4 Å². The highest BCUT2D eigenvalue weighted by atomic mass is 16.5. The average molecular weight is 292 g/mol. The second-order valence-electron chi connectivity index (χ2n) is 5.36. The molecule has 5 heteroatoms. The molecule has 0 heterocycles. The van der Waals surface area contributed by atoms with Crippen LogP contribution < -0.4 is 10.6 Å². The molecule has 2 N–H and O–H groups in total. The van der Waals surface area contributed by atoms with Gasteiger partial charge in [-0.1, -0.05) is 26.3 Å². The molecule has 1 rings (SSSR count). The number of hydrogen-bond acceptors (Lipinski definition) is 3. The molecule has 21 heavy (non-hydrogen) atoms. The highest BCUT2D eigenvalue weighted by Gasteiger charge is 2.26. The van der Waals surface area contributed by atoms with Crippen LogP contribution >= 0.6 is 0 Å². The van der Waals surface area contributed by atoms with E-state index in [1.807, 2.05) is 45.9 Å². The van der Waals surface area contributed by atoms with Crippen LogP contribution in [0.3, 0.4) is 0 Å². The average Bonchev–Trinajstić information content (AvgIpc) is 2.41. The molecule has 2 unspecified atom stereocenters. The molecule has 116 valence electrons. The number of benzene rings is 1. The number of carbonyl (C=O) groups is 2. The number of amides is 2. The van der Waals surface area contributed by atoms with Crippen molar-refractivity contribution in [2.24, 2.45) is 5.92 Å². The summed E-state index contributed by atoms with van der Waals surface area (Å²) in [5, 5.41) is 5.44. The molecule has 1 aromatic carbocycles. The molecule has 1 aromatic rings. The first-order valence-corrected chi connectivity index (χ1v) is 7.11. The first kappa shape index (κ1) is 17.0. The smallest absolute Gasteiger partial charge is 0.328 e. The van der Waals surface area contributed by atoms with Crippen LogP contribution in [-0.2, 0) is 9.53 Å². The lowest BCUT2D eigenvalue weighted by molar-refractivity contribution is -0.144. The van der Waals surface area contributed by atoms with E-state index in [-0.39, 0.29) is 5.92 Å². The summed E-state index contributed by atoms with van der Waals surface area (Å²) < 4.78 is 4.74. The predicted molar refractivity (Wildman–Crippen MR) is 83.3 cm³/mol. The topological polar surface area (TPSA) is 67.4 Å². The number of urea groups is 1. The van der Waals surface area contributed by atoms with E-state index in [4.69, 9.17) is 4.74 Å². The van der Waals surface area contributed by atoms with Crippen molar-refractivity contribution in [3.63, 3.8) is 0 Å². The van der Waals surface area contributed by atoms with Crippen LogP contribution in [0.15, 0.2) is 18.2 Å². The van der Waals surface area contributed by atoms with Gasteiger partial charge in [0.15, 0.2) is 0 Å². The minimum atomic E-state index is -0.647. The highest BCUT2D eigenvalue weighted by Crippen LogP contribution is 2.14. The monoisotopic (exact) mass is 292 g/mol.